The number of H-pyrrole nitrogens is 1. The number of aromatic nitrogens is 4. The highest BCUT2D eigenvalue weighted by atomic mass is 32.2. The molecule has 4 aromatic rings. The molecule has 0 amide bonds. The highest BCUT2D eigenvalue weighted by molar-refractivity contribution is 7.94. The summed E-state index contributed by atoms with van der Waals surface area (Å²) in [6.45, 7) is 1.85. The van der Waals surface area contributed by atoms with Gasteiger partial charge in [0.05, 0.1) is 35.4 Å². The lowest BCUT2D eigenvalue weighted by Crippen LogP contribution is -2.34. The van der Waals surface area contributed by atoms with Crippen LogP contribution in [-0.4, -0.2) is 39.5 Å². The van der Waals surface area contributed by atoms with Gasteiger partial charge in [0, 0.05) is 0 Å². The average molecular weight is 457 g/mol. The molecule has 3 heterocycles. The third-order valence-electron chi connectivity index (χ3n) is 4.50. The number of hydrogen-bond donors (Lipinski definition) is 1. The SMILES string of the molecule is Cc1ccc2c(=O)n(-c3cnc(CC(=O)CS(=O)(=O)c4cccs4)cn3)c(=O)[nH]c2c1. The predicted octanol–water partition coefficient (Wildman–Crippen LogP) is 1.42. The van der Waals surface area contributed by atoms with E-state index in [1.807, 2.05) is 6.92 Å². The normalized spacial score (nSPS) is 11.6. The van der Waals surface area contributed by atoms with Crippen LogP contribution in [0.15, 0.2) is 61.9 Å². The van der Waals surface area contributed by atoms with Crippen molar-refractivity contribution in [3.05, 3.63) is 80.2 Å². The minimum absolute atomic E-state index is 0.00358. The zero-order valence-corrected chi connectivity index (χ0v) is 17.9. The smallest absolute Gasteiger partial charge is 0.306 e. The first-order valence-corrected chi connectivity index (χ1v) is 11.6. The lowest BCUT2D eigenvalue weighted by atomic mass is 10.2. The highest BCUT2D eigenvalue weighted by Crippen LogP contribution is 2.18. The topological polar surface area (TPSA) is 132 Å². The molecule has 0 aliphatic carbocycles. The Balaban J connectivity index is 1.58. The van der Waals surface area contributed by atoms with Crippen LogP contribution in [0.2, 0.25) is 0 Å². The Bertz CT molecular complexity index is 1500. The summed E-state index contributed by atoms with van der Waals surface area (Å²) in [5, 5.41) is 1.95. The number of aromatic amines is 1. The van der Waals surface area contributed by atoms with Crippen LogP contribution >= 0.6 is 11.3 Å². The standard InChI is InChI=1S/C20H16N4O5S2/c1-12-4-5-15-16(7-12)23-20(27)24(19(15)26)17-10-21-13(9-22-17)8-14(25)11-31(28,29)18-3-2-6-30-18/h2-7,9-10H,8,11H2,1H3,(H,23,27). The van der Waals surface area contributed by atoms with Gasteiger partial charge in [0.25, 0.3) is 5.56 Å². The van der Waals surface area contributed by atoms with Crippen molar-refractivity contribution in [1.82, 2.24) is 19.5 Å². The molecule has 11 heteroatoms. The maximum absolute atomic E-state index is 12.7. The Hall–Kier alpha value is -3.44. The Morgan fingerprint density at radius 1 is 1.16 bits per heavy atom. The molecule has 0 bridgehead atoms. The van der Waals surface area contributed by atoms with Crippen molar-refractivity contribution in [2.24, 2.45) is 0 Å². The van der Waals surface area contributed by atoms with E-state index in [1.165, 1.54) is 18.5 Å². The first-order valence-electron chi connectivity index (χ1n) is 9.09. The number of thiophene rings is 1. The van der Waals surface area contributed by atoms with E-state index >= 15 is 0 Å². The lowest BCUT2D eigenvalue weighted by Gasteiger charge is -2.07. The maximum Gasteiger partial charge on any atom is 0.334 e. The molecule has 158 valence electrons. The summed E-state index contributed by atoms with van der Waals surface area (Å²) < 4.78 is 25.4. The number of hydrogen-bond acceptors (Lipinski definition) is 8. The van der Waals surface area contributed by atoms with Crippen molar-refractivity contribution in [1.29, 1.82) is 0 Å². The van der Waals surface area contributed by atoms with Gasteiger partial charge in [0.1, 0.15) is 9.96 Å². The number of Topliss-reactive ketones (excluding diaryl/α,β-unsaturated/α-hetero) is 1. The third-order valence-corrected chi connectivity index (χ3v) is 7.67. The second-order valence-electron chi connectivity index (χ2n) is 6.89. The minimum Gasteiger partial charge on any atom is -0.306 e. The Morgan fingerprint density at radius 2 is 1.97 bits per heavy atom. The zero-order valence-electron chi connectivity index (χ0n) is 16.2. The summed E-state index contributed by atoms with van der Waals surface area (Å²) in [5.74, 6) is -1.18. The van der Waals surface area contributed by atoms with Crippen LogP contribution in [0.1, 0.15) is 11.3 Å². The minimum atomic E-state index is -3.69. The van der Waals surface area contributed by atoms with E-state index in [4.69, 9.17) is 0 Å². The lowest BCUT2D eigenvalue weighted by molar-refractivity contribution is -0.116. The second kappa shape index (κ2) is 8.00. The van der Waals surface area contributed by atoms with Gasteiger partial charge in [-0.2, -0.15) is 0 Å². The molecule has 1 aromatic carbocycles. The van der Waals surface area contributed by atoms with Crippen LogP contribution < -0.4 is 11.2 Å². The Labute approximate surface area is 180 Å². The third kappa shape index (κ3) is 4.23. The fraction of sp³-hybridized carbons (Fsp3) is 0.150. The second-order valence-corrected chi connectivity index (χ2v) is 10.1. The van der Waals surface area contributed by atoms with Crippen molar-refractivity contribution >= 4 is 37.9 Å². The Morgan fingerprint density at radius 3 is 2.65 bits per heavy atom. The summed E-state index contributed by atoms with van der Waals surface area (Å²) in [6, 6.07) is 8.13. The molecule has 0 atom stereocenters. The van der Waals surface area contributed by atoms with Crippen molar-refractivity contribution in [3.63, 3.8) is 0 Å². The number of carbonyl (C=O) groups is 1. The molecule has 0 aliphatic heterocycles. The summed E-state index contributed by atoms with van der Waals surface area (Å²) >= 11 is 1.05. The van der Waals surface area contributed by atoms with Crippen LogP contribution in [0.3, 0.4) is 0 Å². The first-order chi connectivity index (χ1) is 14.7. The van der Waals surface area contributed by atoms with E-state index in [0.29, 0.717) is 10.9 Å². The van der Waals surface area contributed by atoms with Crippen LogP contribution in [0.25, 0.3) is 16.7 Å². The summed E-state index contributed by atoms with van der Waals surface area (Å²) in [6.07, 6.45) is 2.21. The molecule has 0 saturated carbocycles. The van der Waals surface area contributed by atoms with Crippen molar-refractivity contribution < 1.29 is 13.2 Å². The monoisotopic (exact) mass is 456 g/mol. The quantitative estimate of drug-likeness (QED) is 0.464. The van der Waals surface area contributed by atoms with Crippen molar-refractivity contribution in [3.8, 4) is 5.82 Å². The van der Waals surface area contributed by atoms with Crippen molar-refractivity contribution in [2.75, 3.05) is 5.75 Å². The van der Waals surface area contributed by atoms with Crippen LogP contribution in [0.5, 0.6) is 0 Å². The average Bonchev–Trinajstić information content (AvgIpc) is 3.24. The van der Waals surface area contributed by atoms with E-state index in [2.05, 4.69) is 15.0 Å². The molecule has 0 aliphatic rings. The number of rotatable bonds is 6. The fourth-order valence-electron chi connectivity index (χ4n) is 3.07. The molecule has 1 N–H and O–H groups in total. The van der Waals surface area contributed by atoms with Crippen LogP contribution in [0, 0.1) is 6.92 Å². The molecule has 0 spiro atoms. The van der Waals surface area contributed by atoms with E-state index < -0.39 is 32.6 Å². The molecule has 0 saturated heterocycles. The summed E-state index contributed by atoms with van der Waals surface area (Å²) in [5.41, 5.74) is 0.349. The molecular weight excluding hydrogens is 440 g/mol. The summed E-state index contributed by atoms with van der Waals surface area (Å²) in [7, 11) is -3.69. The number of benzene rings is 1. The van der Waals surface area contributed by atoms with E-state index in [9.17, 15) is 22.8 Å². The zero-order chi connectivity index (χ0) is 22.2. The number of nitrogens with zero attached hydrogens (tertiary/aromatic N) is 3. The van der Waals surface area contributed by atoms with Gasteiger partial charge in [-0.25, -0.2) is 22.8 Å². The fourth-order valence-corrected chi connectivity index (χ4v) is 5.40. The molecule has 0 fully saturated rings. The van der Waals surface area contributed by atoms with Crippen LogP contribution in [-0.2, 0) is 21.1 Å². The van der Waals surface area contributed by atoms with Gasteiger partial charge in [-0.05, 0) is 36.1 Å². The van der Waals surface area contributed by atoms with E-state index in [1.54, 1.807) is 29.6 Å². The molecule has 0 radical (unpaired) electrons. The predicted molar refractivity (Wildman–Crippen MR) is 116 cm³/mol. The number of aryl methyl sites for hydroxylation is 1. The van der Waals surface area contributed by atoms with Crippen LogP contribution in [0.4, 0.5) is 0 Å². The number of nitrogens with one attached hydrogen (secondary N) is 1. The van der Waals surface area contributed by atoms with Gasteiger partial charge in [-0.15, -0.1) is 11.3 Å². The van der Waals surface area contributed by atoms with Gasteiger partial charge in [0.2, 0.25) is 0 Å². The molecular formula is C20H16N4O5S2. The van der Waals surface area contributed by atoms with E-state index in [0.717, 1.165) is 21.5 Å². The van der Waals surface area contributed by atoms with Gasteiger partial charge in [-0.3, -0.25) is 14.6 Å². The molecule has 3 aromatic heterocycles. The van der Waals surface area contributed by atoms with Crippen molar-refractivity contribution in [2.45, 2.75) is 17.6 Å². The number of sulfone groups is 1. The van der Waals surface area contributed by atoms with Gasteiger partial charge >= 0.3 is 5.69 Å². The van der Waals surface area contributed by atoms with E-state index in [-0.39, 0.29) is 22.1 Å². The largest absolute Gasteiger partial charge is 0.334 e. The molecule has 0 unspecified atom stereocenters. The van der Waals surface area contributed by atoms with Gasteiger partial charge in [-0.1, -0.05) is 12.1 Å². The van der Waals surface area contributed by atoms with Gasteiger partial charge in [0.15, 0.2) is 21.4 Å². The first kappa shape index (κ1) is 20.8. The Kier molecular flexibility index (Phi) is 5.38. The maximum atomic E-state index is 12.7. The number of ketones is 1. The molecule has 31 heavy (non-hydrogen) atoms. The molecule has 4 rings (SSSR count). The summed E-state index contributed by atoms with van der Waals surface area (Å²) in [4.78, 5) is 48.2. The molecule has 9 nitrogen and oxygen atoms in total. The highest BCUT2D eigenvalue weighted by Gasteiger charge is 2.21. The number of fused-ring (bicyclic) bond motifs is 1. The number of carbonyl (C=O) groups excluding carboxylic acids is 1. The van der Waals surface area contributed by atoms with Gasteiger partial charge < -0.3 is 4.98 Å².